The molecule has 2 bridgehead atoms. The number of hydrogen-bond donors (Lipinski definition) is 3. The number of benzene rings is 2. The van der Waals surface area contributed by atoms with Gasteiger partial charge in [0.05, 0.1) is 29.9 Å². The molecule has 0 aliphatic carbocycles. The molecule has 0 spiro atoms. The molecule has 3 aliphatic rings. The van der Waals surface area contributed by atoms with Gasteiger partial charge < -0.3 is 25.2 Å². The van der Waals surface area contributed by atoms with Crippen molar-refractivity contribution in [3.63, 3.8) is 0 Å². The molecule has 2 aromatic carbocycles. The van der Waals surface area contributed by atoms with Crippen LogP contribution in [0.15, 0.2) is 54.9 Å². The second kappa shape index (κ2) is 15.2. The average molecular weight is 754 g/mol. The highest BCUT2D eigenvalue weighted by Gasteiger charge is 2.45. The van der Waals surface area contributed by atoms with E-state index in [0.29, 0.717) is 41.4 Å². The Morgan fingerprint density at radius 1 is 1.05 bits per heavy atom. The van der Waals surface area contributed by atoms with Crippen molar-refractivity contribution < 1.29 is 37.9 Å². The lowest BCUT2D eigenvalue weighted by Gasteiger charge is -2.29. The van der Waals surface area contributed by atoms with Crippen LogP contribution < -0.4 is 20.7 Å². The van der Waals surface area contributed by atoms with Gasteiger partial charge >= 0.3 is 0 Å². The van der Waals surface area contributed by atoms with Crippen LogP contribution in [0.5, 0.6) is 5.75 Å². The van der Waals surface area contributed by atoms with Crippen molar-refractivity contribution in [2.45, 2.75) is 57.7 Å². The van der Waals surface area contributed by atoms with Gasteiger partial charge in [0.25, 0.3) is 17.7 Å². The lowest BCUT2D eigenvalue weighted by molar-refractivity contribution is -0.136. The number of hydrogen-bond acceptors (Lipinski definition) is 11. The lowest BCUT2D eigenvalue weighted by atomic mass is 10.0. The summed E-state index contributed by atoms with van der Waals surface area (Å²) in [5, 5.41) is 12.9. The van der Waals surface area contributed by atoms with Crippen LogP contribution >= 0.6 is 0 Å². The van der Waals surface area contributed by atoms with Crippen molar-refractivity contribution in [3.05, 3.63) is 82.9 Å². The third-order valence-electron chi connectivity index (χ3n) is 9.98. The van der Waals surface area contributed by atoms with Gasteiger partial charge in [-0.3, -0.25) is 39.0 Å². The molecule has 7 rings (SSSR count). The minimum absolute atomic E-state index is 0.0229. The highest BCUT2D eigenvalue weighted by atomic mass is 19.1. The van der Waals surface area contributed by atoms with E-state index in [-0.39, 0.29) is 73.4 Å². The van der Waals surface area contributed by atoms with E-state index in [0.717, 1.165) is 4.90 Å². The molecule has 16 nitrogen and oxygen atoms in total. The fourth-order valence-corrected chi connectivity index (χ4v) is 7.09. The van der Waals surface area contributed by atoms with E-state index >= 15 is 0 Å². The monoisotopic (exact) mass is 753 g/mol. The van der Waals surface area contributed by atoms with Crippen LogP contribution in [-0.4, -0.2) is 110 Å². The van der Waals surface area contributed by atoms with Crippen LogP contribution in [0.2, 0.25) is 0 Å². The van der Waals surface area contributed by atoms with Gasteiger partial charge in [-0.1, -0.05) is 6.07 Å². The van der Waals surface area contributed by atoms with Crippen LogP contribution in [0, 0.1) is 5.82 Å². The number of carbonyl (C=O) groups is 6. The number of likely N-dealkylation sites (N-methyl/N-ethyl adjacent to an activating group) is 1. The fraction of sp³-hybridized carbons (Fsp3) is 0.368. The molecule has 3 N–H and O–H groups in total. The first-order valence-corrected chi connectivity index (χ1v) is 18.1. The molecule has 1 saturated heterocycles. The number of carbonyl (C=O) groups excluding carboxylic acids is 6. The summed E-state index contributed by atoms with van der Waals surface area (Å²) in [5.41, 5.74) is 1.91. The number of fused-ring (bicyclic) bond motifs is 3. The van der Waals surface area contributed by atoms with Gasteiger partial charge in [0.2, 0.25) is 17.7 Å². The molecule has 3 aliphatic heterocycles. The Morgan fingerprint density at radius 2 is 1.87 bits per heavy atom. The summed E-state index contributed by atoms with van der Waals surface area (Å²) in [5.74, 6) is -2.35. The standard InChI is InChI=1S/C38H40FN9O7/c1-21-20-46(36(52)26-19-41-47-15-13-30(43-34(26)47)42-22(2)25-18-23(39)9-11-29(25)55-21)17-16-45(3)32(50)8-5-14-40-27-7-4-6-24-33(27)38(54)48(37(24)53)28-10-12-31(49)44-35(28)51/h4,6-7,9,11,13,15,18-19,21-22,28,40H,5,8,10,12,14,16-17,20H2,1-3H3,(H,42,43)(H,44,49,51)/t21-,22+,28?/m1/s1. The number of nitrogens with one attached hydrogen (secondary N) is 3. The van der Waals surface area contributed by atoms with Crippen molar-refractivity contribution in [2.24, 2.45) is 0 Å². The molecule has 17 heteroatoms. The number of imide groups is 2. The van der Waals surface area contributed by atoms with E-state index in [2.05, 4.69) is 26.0 Å². The minimum atomic E-state index is -1.07. The van der Waals surface area contributed by atoms with Gasteiger partial charge in [-0.25, -0.2) is 13.9 Å². The molecule has 6 amide bonds. The maximum Gasteiger partial charge on any atom is 0.264 e. The lowest BCUT2D eigenvalue weighted by Crippen LogP contribution is -2.54. The number of halogens is 1. The van der Waals surface area contributed by atoms with Crippen molar-refractivity contribution in [1.29, 1.82) is 0 Å². The summed E-state index contributed by atoms with van der Waals surface area (Å²) < 4.78 is 22.1. The van der Waals surface area contributed by atoms with Gasteiger partial charge in [0.15, 0.2) is 5.65 Å². The Balaban J connectivity index is 0.986. The molecule has 4 aromatic rings. The van der Waals surface area contributed by atoms with Gasteiger partial charge in [-0.05, 0) is 63.1 Å². The number of ether oxygens (including phenoxy) is 1. The van der Waals surface area contributed by atoms with Crippen LogP contribution in [0.3, 0.4) is 0 Å². The van der Waals surface area contributed by atoms with E-state index in [9.17, 15) is 33.2 Å². The van der Waals surface area contributed by atoms with E-state index in [1.807, 2.05) is 13.8 Å². The molecule has 1 fully saturated rings. The number of piperidine rings is 1. The third kappa shape index (κ3) is 7.41. The maximum atomic E-state index is 14.4. The van der Waals surface area contributed by atoms with Crippen molar-refractivity contribution in [1.82, 2.24) is 34.6 Å². The maximum absolute atomic E-state index is 14.4. The van der Waals surface area contributed by atoms with E-state index in [1.165, 1.54) is 33.8 Å². The smallest absolute Gasteiger partial charge is 0.264 e. The third-order valence-corrected chi connectivity index (χ3v) is 9.98. The van der Waals surface area contributed by atoms with Crippen LogP contribution in [0.25, 0.3) is 5.65 Å². The van der Waals surface area contributed by atoms with E-state index in [4.69, 9.17) is 4.74 Å². The van der Waals surface area contributed by atoms with Gasteiger partial charge in [-0.15, -0.1) is 0 Å². The average Bonchev–Trinajstić information content (AvgIpc) is 3.69. The fourth-order valence-electron chi connectivity index (χ4n) is 7.09. The molecule has 3 atom stereocenters. The molecule has 55 heavy (non-hydrogen) atoms. The zero-order chi connectivity index (χ0) is 39.0. The Hall–Kier alpha value is -6.39. The summed E-state index contributed by atoms with van der Waals surface area (Å²) in [6.45, 7) is 4.52. The summed E-state index contributed by atoms with van der Waals surface area (Å²) >= 11 is 0. The SMILES string of the molecule is C[C@@H]1CN(CCN(C)C(=O)CCCNc2cccc3c2C(=O)N(C2CCC(=O)NC2=O)C3=O)C(=O)c2cnn3ccc(nc23)N[C@@H](C)c2cc(F)ccc2O1. The molecule has 0 saturated carbocycles. The van der Waals surface area contributed by atoms with Crippen molar-refractivity contribution in [2.75, 3.05) is 43.9 Å². The van der Waals surface area contributed by atoms with Gasteiger partial charge in [0, 0.05) is 57.0 Å². The number of nitrogens with zero attached hydrogens (tertiary/aromatic N) is 6. The molecule has 0 radical (unpaired) electrons. The summed E-state index contributed by atoms with van der Waals surface area (Å²) in [7, 11) is 1.65. The second-order valence-electron chi connectivity index (χ2n) is 13.9. The normalized spacial score (nSPS) is 19.9. The van der Waals surface area contributed by atoms with Crippen LogP contribution in [-0.2, 0) is 14.4 Å². The molecule has 5 heterocycles. The van der Waals surface area contributed by atoms with Gasteiger partial charge in [0.1, 0.15) is 35.1 Å². The number of rotatable bonds is 9. The van der Waals surface area contributed by atoms with Crippen molar-refractivity contribution in [3.8, 4) is 5.75 Å². The molecular weight excluding hydrogens is 713 g/mol. The number of anilines is 2. The largest absolute Gasteiger partial charge is 0.489 e. The predicted octanol–water partition coefficient (Wildman–Crippen LogP) is 3.02. The Bertz CT molecular complexity index is 2230. The molecular formula is C38H40FN9O7. The van der Waals surface area contributed by atoms with Crippen LogP contribution in [0.4, 0.5) is 15.9 Å². The van der Waals surface area contributed by atoms with E-state index < -0.39 is 41.6 Å². The highest BCUT2D eigenvalue weighted by Crippen LogP contribution is 2.33. The Labute approximate surface area is 315 Å². The second-order valence-corrected chi connectivity index (χ2v) is 13.9. The predicted molar refractivity (Wildman–Crippen MR) is 196 cm³/mol. The first kappa shape index (κ1) is 36.9. The number of aromatic nitrogens is 3. The minimum Gasteiger partial charge on any atom is -0.489 e. The first-order valence-electron chi connectivity index (χ1n) is 18.1. The van der Waals surface area contributed by atoms with Crippen molar-refractivity contribution >= 4 is 52.6 Å². The van der Waals surface area contributed by atoms with Crippen LogP contribution in [0.1, 0.15) is 82.2 Å². The summed E-state index contributed by atoms with van der Waals surface area (Å²) in [6, 6.07) is 9.36. The zero-order valence-corrected chi connectivity index (χ0v) is 30.5. The number of amides is 6. The summed E-state index contributed by atoms with van der Waals surface area (Å²) in [4.78, 5) is 86.6. The topological polar surface area (TPSA) is 188 Å². The Morgan fingerprint density at radius 3 is 2.67 bits per heavy atom. The van der Waals surface area contributed by atoms with Gasteiger partial charge in [-0.2, -0.15) is 5.10 Å². The highest BCUT2D eigenvalue weighted by molar-refractivity contribution is 6.25. The molecule has 286 valence electrons. The quantitative estimate of drug-likeness (QED) is 0.169. The van der Waals surface area contributed by atoms with E-state index in [1.54, 1.807) is 42.4 Å². The summed E-state index contributed by atoms with van der Waals surface area (Å²) in [6.07, 6.45) is 3.26. The molecule has 1 unspecified atom stereocenters. The molecule has 2 aromatic heterocycles. The zero-order valence-electron chi connectivity index (χ0n) is 30.5. The first-order chi connectivity index (χ1) is 26.4. The Kier molecular flexibility index (Phi) is 10.2.